The summed E-state index contributed by atoms with van der Waals surface area (Å²) >= 11 is 1.38. The van der Waals surface area contributed by atoms with Gasteiger partial charge in [0.25, 0.3) is 5.56 Å². The van der Waals surface area contributed by atoms with E-state index < -0.39 is 0 Å². The molecule has 5 rings (SSSR count). The minimum Gasteiger partial charge on any atom is -0.497 e. The third kappa shape index (κ3) is 5.24. The van der Waals surface area contributed by atoms with E-state index in [0.717, 1.165) is 33.1 Å². The van der Waals surface area contributed by atoms with Gasteiger partial charge in [0.05, 0.1) is 12.8 Å². The summed E-state index contributed by atoms with van der Waals surface area (Å²) < 4.78 is 6.56. The second-order valence-electron chi connectivity index (χ2n) is 8.99. The van der Waals surface area contributed by atoms with Gasteiger partial charge in [-0.2, -0.15) is 9.61 Å². The molecule has 10 heteroatoms. The number of methoxy groups -OCH3 is 1. The number of urea groups is 1. The molecule has 0 spiro atoms. The van der Waals surface area contributed by atoms with Crippen molar-refractivity contribution in [2.24, 2.45) is 0 Å². The number of ether oxygens (including phenoxy) is 1. The highest BCUT2D eigenvalue weighted by molar-refractivity contribution is 7.19. The number of aromatic nitrogens is 3. The Labute approximate surface area is 213 Å². The molecule has 0 saturated carbocycles. The first-order valence-electron chi connectivity index (χ1n) is 11.8. The van der Waals surface area contributed by atoms with E-state index >= 15 is 0 Å². The van der Waals surface area contributed by atoms with Gasteiger partial charge in [0.2, 0.25) is 4.96 Å². The highest BCUT2D eigenvalue weighted by Gasteiger charge is 2.22. The zero-order valence-electron chi connectivity index (χ0n) is 20.5. The molecule has 1 N–H and O–H groups in total. The molecular formula is C26H28N6O3S. The van der Waals surface area contributed by atoms with E-state index in [2.05, 4.69) is 21.4 Å². The summed E-state index contributed by atoms with van der Waals surface area (Å²) in [5, 5.41) is 8.19. The molecule has 0 aliphatic carbocycles. The van der Waals surface area contributed by atoms with E-state index in [4.69, 9.17) is 9.72 Å². The van der Waals surface area contributed by atoms with Crippen LogP contribution in [-0.4, -0.2) is 63.7 Å². The maximum absolute atomic E-state index is 12.7. The average molecular weight is 505 g/mol. The second-order valence-corrected chi connectivity index (χ2v) is 9.94. The minimum absolute atomic E-state index is 0.0897. The van der Waals surface area contributed by atoms with Crippen molar-refractivity contribution < 1.29 is 9.53 Å². The summed E-state index contributed by atoms with van der Waals surface area (Å²) in [5.41, 5.74) is 4.47. The topological polar surface area (TPSA) is 92.1 Å². The van der Waals surface area contributed by atoms with E-state index in [9.17, 15) is 9.59 Å². The molecule has 1 fully saturated rings. The number of amides is 2. The van der Waals surface area contributed by atoms with Crippen molar-refractivity contribution in [3.05, 3.63) is 75.7 Å². The molecule has 1 aliphatic heterocycles. The predicted molar refractivity (Wildman–Crippen MR) is 141 cm³/mol. The maximum Gasteiger partial charge on any atom is 0.321 e. The molecule has 36 heavy (non-hydrogen) atoms. The number of carbonyl (C=O) groups excluding carboxylic acids is 1. The minimum atomic E-state index is -0.197. The molecule has 0 bridgehead atoms. The van der Waals surface area contributed by atoms with Crippen molar-refractivity contribution in [3.63, 3.8) is 0 Å². The van der Waals surface area contributed by atoms with Gasteiger partial charge in [-0.15, -0.1) is 0 Å². The second kappa shape index (κ2) is 10.1. The number of fused-ring (bicyclic) bond motifs is 1. The molecule has 3 heterocycles. The van der Waals surface area contributed by atoms with Crippen LogP contribution in [0.2, 0.25) is 0 Å². The van der Waals surface area contributed by atoms with Gasteiger partial charge in [0, 0.05) is 50.0 Å². The quantitative estimate of drug-likeness (QED) is 0.445. The van der Waals surface area contributed by atoms with Gasteiger partial charge in [0.1, 0.15) is 10.8 Å². The van der Waals surface area contributed by atoms with E-state index in [0.29, 0.717) is 43.4 Å². The fourth-order valence-electron chi connectivity index (χ4n) is 4.38. The van der Waals surface area contributed by atoms with Crippen LogP contribution in [0.4, 0.5) is 10.5 Å². The molecule has 2 aromatic carbocycles. The average Bonchev–Trinajstić information content (AvgIpc) is 3.29. The van der Waals surface area contributed by atoms with Gasteiger partial charge >= 0.3 is 6.03 Å². The Bertz CT molecular complexity index is 1430. The van der Waals surface area contributed by atoms with Gasteiger partial charge in [-0.1, -0.05) is 17.4 Å². The first-order chi connectivity index (χ1) is 17.4. The van der Waals surface area contributed by atoms with E-state index in [-0.39, 0.29) is 11.6 Å². The van der Waals surface area contributed by atoms with Gasteiger partial charge in [-0.05, 0) is 61.4 Å². The molecule has 1 saturated heterocycles. The summed E-state index contributed by atoms with van der Waals surface area (Å²) in [5.74, 6) is 0.764. The van der Waals surface area contributed by atoms with E-state index in [1.807, 2.05) is 55.1 Å². The Morgan fingerprint density at radius 2 is 1.72 bits per heavy atom. The molecule has 0 radical (unpaired) electrons. The van der Waals surface area contributed by atoms with Gasteiger partial charge in [-0.3, -0.25) is 9.69 Å². The summed E-state index contributed by atoms with van der Waals surface area (Å²) in [7, 11) is 1.62. The lowest BCUT2D eigenvalue weighted by Crippen LogP contribution is -2.49. The lowest BCUT2D eigenvalue weighted by Gasteiger charge is -2.34. The van der Waals surface area contributed by atoms with Gasteiger partial charge in [-0.25, -0.2) is 9.78 Å². The summed E-state index contributed by atoms with van der Waals surface area (Å²) in [4.78, 5) is 34.7. The normalized spacial score (nSPS) is 14.2. The molecular weight excluding hydrogens is 476 g/mol. The first kappa shape index (κ1) is 24.0. The Balaban J connectivity index is 1.22. The van der Waals surface area contributed by atoms with E-state index in [1.165, 1.54) is 15.9 Å². The Morgan fingerprint density at radius 1 is 1.03 bits per heavy atom. The fourth-order valence-corrected chi connectivity index (χ4v) is 5.30. The number of hydrogen-bond acceptors (Lipinski definition) is 7. The molecule has 186 valence electrons. The van der Waals surface area contributed by atoms with Gasteiger partial charge in [0.15, 0.2) is 0 Å². The van der Waals surface area contributed by atoms with Crippen LogP contribution in [0.15, 0.2) is 53.3 Å². The molecule has 2 amide bonds. The number of carbonyl (C=O) groups is 1. The van der Waals surface area contributed by atoms with Crippen LogP contribution in [0.25, 0.3) is 15.5 Å². The van der Waals surface area contributed by atoms with Crippen LogP contribution in [0.1, 0.15) is 16.8 Å². The van der Waals surface area contributed by atoms with Crippen molar-refractivity contribution >= 4 is 28.0 Å². The number of benzene rings is 2. The highest BCUT2D eigenvalue weighted by atomic mass is 32.1. The van der Waals surface area contributed by atoms with Crippen LogP contribution in [0.5, 0.6) is 5.75 Å². The Kier molecular flexibility index (Phi) is 6.71. The monoisotopic (exact) mass is 504 g/mol. The summed E-state index contributed by atoms with van der Waals surface area (Å²) in [6.07, 6.45) is 0. The molecule has 9 nitrogen and oxygen atoms in total. The van der Waals surface area contributed by atoms with Crippen molar-refractivity contribution in [1.82, 2.24) is 24.4 Å². The highest BCUT2D eigenvalue weighted by Crippen LogP contribution is 2.26. The zero-order valence-corrected chi connectivity index (χ0v) is 21.3. The summed E-state index contributed by atoms with van der Waals surface area (Å²) in [6.45, 7) is 7.23. The SMILES string of the molecule is COc1ccc(-c2nn3c(=O)cc(CN4CCN(C(=O)Nc5cc(C)cc(C)c5)CC4)nc3s2)cc1. The Hall–Kier alpha value is -3.76. The fraction of sp³-hybridized carbons (Fsp3) is 0.308. The summed E-state index contributed by atoms with van der Waals surface area (Å²) in [6, 6.07) is 15.0. The van der Waals surface area contributed by atoms with Crippen LogP contribution < -0.4 is 15.6 Å². The Morgan fingerprint density at radius 3 is 2.39 bits per heavy atom. The van der Waals surface area contributed by atoms with E-state index in [1.54, 1.807) is 13.2 Å². The van der Waals surface area contributed by atoms with Crippen molar-refractivity contribution in [1.29, 1.82) is 0 Å². The maximum atomic E-state index is 12.7. The number of anilines is 1. The lowest BCUT2D eigenvalue weighted by molar-refractivity contribution is 0.142. The third-order valence-electron chi connectivity index (χ3n) is 6.15. The van der Waals surface area contributed by atoms with Crippen molar-refractivity contribution in [3.8, 4) is 16.3 Å². The molecule has 2 aromatic heterocycles. The first-order valence-corrected chi connectivity index (χ1v) is 12.6. The van der Waals surface area contributed by atoms with Crippen LogP contribution in [0.3, 0.4) is 0 Å². The predicted octanol–water partition coefficient (Wildman–Crippen LogP) is 3.79. The molecule has 4 aromatic rings. The number of nitrogens with zero attached hydrogens (tertiary/aromatic N) is 5. The van der Waals surface area contributed by atoms with Crippen LogP contribution in [-0.2, 0) is 6.54 Å². The molecule has 0 unspecified atom stereocenters. The lowest BCUT2D eigenvalue weighted by atomic mass is 10.1. The zero-order chi connectivity index (χ0) is 25.2. The molecule has 0 atom stereocenters. The smallest absolute Gasteiger partial charge is 0.321 e. The van der Waals surface area contributed by atoms with Crippen molar-refractivity contribution in [2.75, 3.05) is 38.6 Å². The molecule has 1 aliphatic rings. The number of nitrogens with one attached hydrogen (secondary N) is 1. The third-order valence-corrected chi connectivity index (χ3v) is 7.11. The van der Waals surface area contributed by atoms with Crippen LogP contribution in [0, 0.1) is 13.8 Å². The number of aryl methyl sites for hydroxylation is 2. The number of piperazine rings is 1. The largest absolute Gasteiger partial charge is 0.497 e. The number of hydrogen-bond donors (Lipinski definition) is 1. The van der Waals surface area contributed by atoms with Gasteiger partial charge < -0.3 is 15.0 Å². The number of rotatable bonds is 5. The van der Waals surface area contributed by atoms with Crippen molar-refractivity contribution in [2.45, 2.75) is 20.4 Å². The van der Waals surface area contributed by atoms with Crippen LogP contribution >= 0.6 is 11.3 Å². The standard InChI is InChI=1S/C26H28N6O3S/c1-17-12-18(2)14-20(13-17)27-25(34)31-10-8-30(9-11-31)16-21-15-23(33)32-26(28-21)36-24(29-32)19-4-6-22(35-3)7-5-19/h4-7,12-15H,8-11,16H2,1-3H3,(H,27,34).